The molecule has 1 N–H and O–H groups in total. The number of amides is 1. The van der Waals surface area contributed by atoms with Crippen LogP contribution in [0.25, 0.3) is 17.5 Å². The smallest absolute Gasteiger partial charge is 0.251 e. The van der Waals surface area contributed by atoms with Gasteiger partial charge in [-0.1, -0.05) is 24.8 Å². The van der Waals surface area contributed by atoms with Crippen LogP contribution in [-0.4, -0.2) is 15.9 Å². The standard InChI is InChI=1S/C21H19N3O/c1-3-16-4-6-18(7-5-16)21(25)24-14-17-9-11-23-20(13-17)19-12-15(2)8-10-22-19/h3-13H,1,14H2,2H3,(H,24,25). The minimum absolute atomic E-state index is 0.109. The van der Waals surface area contributed by atoms with E-state index < -0.39 is 0 Å². The second-order valence-corrected chi connectivity index (χ2v) is 5.78. The van der Waals surface area contributed by atoms with Crippen molar-refractivity contribution in [3.8, 4) is 11.4 Å². The maximum Gasteiger partial charge on any atom is 0.251 e. The van der Waals surface area contributed by atoms with Gasteiger partial charge in [-0.15, -0.1) is 0 Å². The number of aryl methyl sites for hydroxylation is 1. The normalized spacial score (nSPS) is 10.3. The maximum absolute atomic E-state index is 12.3. The summed E-state index contributed by atoms with van der Waals surface area (Å²) >= 11 is 0. The number of nitrogens with one attached hydrogen (secondary N) is 1. The van der Waals surface area contributed by atoms with Gasteiger partial charge in [0.05, 0.1) is 11.4 Å². The van der Waals surface area contributed by atoms with E-state index in [1.807, 2.05) is 43.3 Å². The van der Waals surface area contributed by atoms with Crippen LogP contribution in [0.5, 0.6) is 0 Å². The fourth-order valence-electron chi connectivity index (χ4n) is 2.46. The number of pyridine rings is 2. The molecule has 0 unspecified atom stereocenters. The first-order valence-corrected chi connectivity index (χ1v) is 8.04. The van der Waals surface area contributed by atoms with Gasteiger partial charge in [-0.25, -0.2) is 0 Å². The average Bonchev–Trinajstić information content (AvgIpc) is 2.66. The van der Waals surface area contributed by atoms with Gasteiger partial charge in [-0.05, 0) is 60.0 Å². The summed E-state index contributed by atoms with van der Waals surface area (Å²) in [5, 5.41) is 2.93. The first-order chi connectivity index (χ1) is 12.2. The molecule has 0 saturated heterocycles. The van der Waals surface area contributed by atoms with Crippen molar-refractivity contribution in [3.05, 3.63) is 89.8 Å². The van der Waals surface area contributed by atoms with E-state index in [4.69, 9.17) is 0 Å². The van der Waals surface area contributed by atoms with Gasteiger partial charge < -0.3 is 5.32 Å². The summed E-state index contributed by atoms with van der Waals surface area (Å²) < 4.78 is 0. The number of nitrogens with zero attached hydrogens (tertiary/aromatic N) is 2. The zero-order chi connectivity index (χ0) is 17.6. The van der Waals surface area contributed by atoms with Crippen LogP contribution in [0, 0.1) is 6.92 Å². The molecule has 0 aliphatic carbocycles. The molecule has 0 saturated carbocycles. The van der Waals surface area contributed by atoms with Gasteiger partial charge in [-0.3, -0.25) is 14.8 Å². The summed E-state index contributed by atoms with van der Waals surface area (Å²) in [6, 6.07) is 15.1. The van der Waals surface area contributed by atoms with E-state index >= 15 is 0 Å². The van der Waals surface area contributed by atoms with Crippen LogP contribution in [0.2, 0.25) is 0 Å². The lowest BCUT2D eigenvalue weighted by molar-refractivity contribution is 0.0951. The fraction of sp³-hybridized carbons (Fsp3) is 0.0952. The van der Waals surface area contributed by atoms with Gasteiger partial charge >= 0.3 is 0 Å². The Morgan fingerprint density at radius 2 is 1.72 bits per heavy atom. The van der Waals surface area contributed by atoms with Crippen molar-refractivity contribution < 1.29 is 4.79 Å². The number of carbonyl (C=O) groups excluding carboxylic acids is 1. The Balaban J connectivity index is 1.69. The van der Waals surface area contributed by atoms with E-state index in [1.54, 1.807) is 30.6 Å². The zero-order valence-electron chi connectivity index (χ0n) is 14.1. The quantitative estimate of drug-likeness (QED) is 0.769. The third kappa shape index (κ3) is 4.18. The van der Waals surface area contributed by atoms with Crippen molar-refractivity contribution in [2.45, 2.75) is 13.5 Å². The summed E-state index contributed by atoms with van der Waals surface area (Å²) in [6.45, 7) is 6.16. The molecule has 1 aromatic carbocycles. The summed E-state index contributed by atoms with van der Waals surface area (Å²) in [4.78, 5) is 21.0. The first kappa shape index (κ1) is 16.6. The van der Waals surface area contributed by atoms with E-state index in [1.165, 1.54) is 0 Å². The van der Waals surface area contributed by atoms with Crippen LogP contribution < -0.4 is 5.32 Å². The van der Waals surface area contributed by atoms with Gasteiger partial charge in [0, 0.05) is 24.5 Å². The Morgan fingerprint density at radius 1 is 1.04 bits per heavy atom. The fourth-order valence-corrected chi connectivity index (χ4v) is 2.46. The maximum atomic E-state index is 12.3. The second kappa shape index (κ2) is 7.53. The SMILES string of the molecule is C=Cc1ccc(C(=O)NCc2ccnc(-c3cc(C)ccn3)c2)cc1. The molecule has 3 aromatic rings. The first-order valence-electron chi connectivity index (χ1n) is 8.04. The highest BCUT2D eigenvalue weighted by molar-refractivity contribution is 5.94. The summed E-state index contributed by atoms with van der Waals surface area (Å²) in [6.07, 6.45) is 5.26. The van der Waals surface area contributed by atoms with Gasteiger partial charge in [0.25, 0.3) is 5.91 Å². The van der Waals surface area contributed by atoms with Crippen LogP contribution in [0.1, 0.15) is 27.0 Å². The van der Waals surface area contributed by atoms with Gasteiger partial charge in [-0.2, -0.15) is 0 Å². The number of rotatable bonds is 5. The molecule has 0 aliphatic heterocycles. The highest BCUT2D eigenvalue weighted by Crippen LogP contribution is 2.16. The zero-order valence-corrected chi connectivity index (χ0v) is 14.1. The van der Waals surface area contributed by atoms with Crippen molar-refractivity contribution in [3.63, 3.8) is 0 Å². The minimum Gasteiger partial charge on any atom is -0.348 e. The Bertz CT molecular complexity index is 901. The third-order valence-corrected chi connectivity index (χ3v) is 3.86. The lowest BCUT2D eigenvalue weighted by atomic mass is 10.1. The Morgan fingerprint density at radius 3 is 2.40 bits per heavy atom. The van der Waals surface area contributed by atoms with Crippen LogP contribution in [0.4, 0.5) is 0 Å². The molecule has 0 spiro atoms. The molecule has 4 nitrogen and oxygen atoms in total. The Hall–Kier alpha value is -3.27. The molecule has 124 valence electrons. The molecule has 0 bridgehead atoms. The topological polar surface area (TPSA) is 54.9 Å². The van der Waals surface area contributed by atoms with Crippen LogP contribution in [-0.2, 0) is 6.54 Å². The molecule has 2 aromatic heterocycles. The number of carbonyl (C=O) groups is 1. The molecule has 2 heterocycles. The molecule has 1 amide bonds. The minimum atomic E-state index is -0.109. The summed E-state index contributed by atoms with van der Waals surface area (Å²) in [7, 11) is 0. The Kier molecular flexibility index (Phi) is 5.00. The van der Waals surface area contributed by atoms with E-state index in [0.717, 1.165) is 28.1 Å². The third-order valence-electron chi connectivity index (χ3n) is 3.86. The van der Waals surface area contributed by atoms with E-state index in [-0.39, 0.29) is 5.91 Å². The van der Waals surface area contributed by atoms with Gasteiger partial charge in [0.15, 0.2) is 0 Å². The number of hydrogen-bond donors (Lipinski definition) is 1. The van der Waals surface area contributed by atoms with Crippen molar-refractivity contribution in [2.75, 3.05) is 0 Å². The lowest BCUT2D eigenvalue weighted by Gasteiger charge is -2.07. The highest BCUT2D eigenvalue weighted by Gasteiger charge is 2.07. The average molecular weight is 329 g/mol. The largest absolute Gasteiger partial charge is 0.348 e. The molecule has 4 heteroatoms. The van der Waals surface area contributed by atoms with Gasteiger partial charge in [0.1, 0.15) is 0 Å². The molecule has 0 atom stereocenters. The van der Waals surface area contributed by atoms with Crippen LogP contribution >= 0.6 is 0 Å². The monoisotopic (exact) mass is 329 g/mol. The van der Waals surface area contributed by atoms with E-state index in [9.17, 15) is 4.79 Å². The predicted octanol–water partition coefficient (Wildman–Crippen LogP) is 4.03. The van der Waals surface area contributed by atoms with Gasteiger partial charge in [0.2, 0.25) is 0 Å². The van der Waals surface area contributed by atoms with E-state index in [2.05, 4.69) is 21.9 Å². The second-order valence-electron chi connectivity index (χ2n) is 5.78. The predicted molar refractivity (Wildman–Crippen MR) is 99.9 cm³/mol. The lowest BCUT2D eigenvalue weighted by Crippen LogP contribution is -2.22. The molecule has 25 heavy (non-hydrogen) atoms. The van der Waals surface area contributed by atoms with Crippen molar-refractivity contribution >= 4 is 12.0 Å². The molecule has 0 aliphatic rings. The van der Waals surface area contributed by atoms with Crippen LogP contribution in [0.3, 0.4) is 0 Å². The number of hydrogen-bond acceptors (Lipinski definition) is 3. The van der Waals surface area contributed by atoms with Crippen molar-refractivity contribution in [2.24, 2.45) is 0 Å². The summed E-state index contributed by atoms with van der Waals surface area (Å²) in [5.74, 6) is -0.109. The molecule has 0 radical (unpaired) electrons. The molecule has 0 fully saturated rings. The Labute approximate surface area is 147 Å². The molecule has 3 rings (SSSR count). The number of benzene rings is 1. The van der Waals surface area contributed by atoms with Crippen molar-refractivity contribution in [1.29, 1.82) is 0 Å². The molecular weight excluding hydrogens is 310 g/mol. The molecular formula is C21H19N3O. The summed E-state index contributed by atoms with van der Waals surface area (Å²) in [5.41, 5.74) is 5.35. The van der Waals surface area contributed by atoms with E-state index in [0.29, 0.717) is 12.1 Å². The highest BCUT2D eigenvalue weighted by atomic mass is 16.1. The van der Waals surface area contributed by atoms with Crippen molar-refractivity contribution in [1.82, 2.24) is 15.3 Å². The van der Waals surface area contributed by atoms with Crippen LogP contribution in [0.15, 0.2) is 67.5 Å². The number of aromatic nitrogens is 2.